The number of hydrogen-bond donors (Lipinski definition) is 2. The molecule has 1 unspecified atom stereocenters. The topological polar surface area (TPSA) is 55.9 Å². The summed E-state index contributed by atoms with van der Waals surface area (Å²) in [5.74, 6) is 1.31. The van der Waals surface area contributed by atoms with Crippen LogP contribution in [0.15, 0.2) is 24.3 Å². The van der Waals surface area contributed by atoms with Crippen molar-refractivity contribution in [3.63, 3.8) is 0 Å². The minimum atomic E-state index is 0.346. The molecule has 4 heteroatoms. The molecule has 0 spiro atoms. The molecule has 1 aromatic heterocycles. The number of fused-ring (bicyclic) bond motifs is 1. The van der Waals surface area contributed by atoms with E-state index in [-0.39, 0.29) is 0 Å². The smallest absolute Gasteiger partial charge is 0.148 e. The van der Waals surface area contributed by atoms with Gasteiger partial charge in [0, 0.05) is 13.1 Å². The number of benzene rings is 1. The van der Waals surface area contributed by atoms with E-state index in [4.69, 9.17) is 5.73 Å². The Hall–Kier alpha value is -1.97. The molecule has 0 saturated heterocycles. The van der Waals surface area contributed by atoms with Crippen molar-refractivity contribution in [1.82, 2.24) is 9.78 Å². The van der Waals surface area contributed by atoms with Crippen LogP contribution in [-0.2, 0) is 19.9 Å². The predicted octanol–water partition coefficient (Wildman–Crippen LogP) is 3.10. The number of aromatic nitrogens is 2. The molecule has 0 bridgehead atoms. The van der Waals surface area contributed by atoms with Gasteiger partial charge in [-0.25, -0.2) is 0 Å². The Morgan fingerprint density at radius 2 is 2.00 bits per heavy atom. The van der Waals surface area contributed by atoms with Crippen LogP contribution in [0, 0.1) is 0 Å². The zero-order valence-electron chi connectivity index (χ0n) is 13.1. The van der Waals surface area contributed by atoms with Gasteiger partial charge < -0.3 is 11.1 Å². The van der Waals surface area contributed by atoms with E-state index >= 15 is 0 Å². The summed E-state index contributed by atoms with van der Waals surface area (Å²) < 4.78 is 1.88. The third-order valence-electron chi connectivity index (χ3n) is 4.35. The maximum absolute atomic E-state index is 6.27. The van der Waals surface area contributed by atoms with E-state index in [1.54, 1.807) is 0 Å². The fourth-order valence-corrected chi connectivity index (χ4v) is 3.17. The first-order chi connectivity index (χ1) is 10.1. The third-order valence-corrected chi connectivity index (χ3v) is 4.35. The third kappa shape index (κ3) is 2.62. The Labute approximate surface area is 126 Å². The van der Waals surface area contributed by atoms with E-state index in [0.29, 0.717) is 12.0 Å². The standard InChI is InChI=1S/C17H24N4/c1-11(2)16-15(18)17(21(3)20-16)19-14-9-8-12-6-4-5-7-13(12)10-14/h4-7,11,14,19H,8-10,18H2,1-3H3. The Kier molecular flexibility index (Phi) is 3.62. The van der Waals surface area contributed by atoms with Crippen LogP contribution in [0.25, 0.3) is 0 Å². The number of anilines is 2. The SMILES string of the molecule is CC(C)c1nn(C)c(NC2CCc3ccccc3C2)c1N. The molecule has 0 fully saturated rings. The van der Waals surface area contributed by atoms with Gasteiger partial charge in [0.25, 0.3) is 0 Å². The number of hydrogen-bond acceptors (Lipinski definition) is 3. The summed E-state index contributed by atoms with van der Waals surface area (Å²) in [6, 6.07) is 9.14. The van der Waals surface area contributed by atoms with Crippen LogP contribution >= 0.6 is 0 Å². The molecule has 112 valence electrons. The maximum atomic E-state index is 6.27. The summed E-state index contributed by atoms with van der Waals surface area (Å²) in [5, 5.41) is 8.16. The average Bonchev–Trinajstić information content (AvgIpc) is 2.75. The lowest BCUT2D eigenvalue weighted by molar-refractivity contribution is 0.601. The van der Waals surface area contributed by atoms with Crippen LogP contribution < -0.4 is 11.1 Å². The largest absolute Gasteiger partial charge is 0.394 e. The molecule has 3 rings (SSSR count). The summed E-state index contributed by atoms with van der Waals surface area (Å²) >= 11 is 0. The van der Waals surface area contributed by atoms with Crippen molar-refractivity contribution in [1.29, 1.82) is 0 Å². The quantitative estimate of drug-likeness (QED) is 0.910. The van der Waals surface area contributed by atoms with E-state index < -0.39 is 0 Å². The fraction of sp³-hybridized carbons (Fsp3) is 0.471. The zero-order valence-corrected chi connectivity index (χ0v) is 13.1. The molecule has 1 aromatic carbocycles. The summed E-state index contributed by atoms with van der Waals surface area (Å²) in [6.07, 6.45) is 3.32. The number of rotatable bonds is 3. The second-order valence-corrected chi connectivity index (χ2v) is 6.28. The molecular weight excluding hydrogens is 260 g/mol. The zero-order chi connectivity index (χ0) is 15.0. The highest BCUT2D eigenvalue weighted by molar-refractivity contribution is 5.66. The molecule has 0 aliphatic heterocycles. The lowest BCUT2D eigenvalue weighted by Crippen LogP contribution is -2.28. The maximum Gasteiger partial charge on any atom is 0.148 e. The van der Waals surface area contributed by atoms with Crippen LogP contribution in [0.3, 0.4) is 0 Å². The first-order valence-electron chi connectivity index (χ1n) is 7.72. The summed E-state index contributed by atoms with van der Waals surface area (Å²) in [6.45, 7) is 4.25. The van der Waals surface area contributed by atoms with Gasteiger partial charge in [-0.15, -0.1) is 0 Å². The normalized spacial score (nSPS) is 17.8. The summed E-state index contributed by atoms with van der Waals surface area (Å²) in [4.78, 5) is 0. The van der Waals surface area contributed by atoms with Gasteiger partial charge in [-0.2, -0.15) is 5.10 Å². The van der Waals surface area contributed by atoms with Gasteiger partial charge in [-0.05, 0) is 36.3 Å². The molecule has 4 nitrogen and oxygen atoms in total. The molecule has 1 aliphatic rings. The molecule has 3 N–H and O–H groups in total. The van der Waals surface area contributed by atoms with Crippen molar-refractivity contribution in [2.24, 2.45) is 7.05 Å². The Balaban J connectivity index is 1.80. The molecule has 2 aromatic rings. The van der Waals surface area contributed by atoms with Crippen LogP contribution in [0.2, 0.25) is 0 Å². The predicted molar refractivity (Wildman–Crippen MR) is 87.6 cm³/mol. The van der Waals surface area contributed by atoms with E-state index in [0.717, 1.165) is 36.5 Å². The molecule has 1 atom stereocenters. The van der Waals surface area contributed by atoms with Gasteiger partial charge in [0.15, 0.2) is 0 Å². The Morgan fingerprint density at radius 3 is 2.67 bits per heavy atom. The van der Waals surface area contributed by atoms with Gasteiger partial charge in [-0.3, -0.25) is 4.68 Å². The fourth-order valence-electron chi connectivity index (χ4n) is 3.17. The van der Waals surface area contributed by atoms with Gasteiger partial charge in [0.2, 0.25) is 0 Å². The minimum Gasteiger partial charge on any atom is -0.394 e. The molecule has 0 radical (unpaired) electrons. The highest BCUT2D eigenvalue weighted by Gasteiger charge is 2.22. The minimum absolute atomic E-state index is 0.346. The van der Waals surface area contributed by atoms with Crippen molar-refractivity contribution < 1.29 is 0 Å². The first kappa shape index (κ1) is 14.0. The number of nitrogens with two attached hydrogens (primary N) is 1. The summed E-state index contributed by atoms with van der Waals surface area (Å²) in [7, 11) is 1.96. The van der Waals surface area contributed by atoms with Crippen molar-refractivity contribution in [3.05, 3.63) is 41.1 Å². The summed E-state index contributed by atoms with van der Waals surface area (Å²) in [5.41, 5.74) is 11.0. The van der Waals surface area contributed by atoms with Gasteiger partial charge in [0.1, 0.15) is 5.82 Å². The Morgan fingerprint density at radius 1 is 1.29 bits per heavy atom. The van der Waals surface area contributed by atoms with Gasteiger partial charge in [-0.1, -0.05) is 38.1 Å². The highest BCUT2D eigenvalue weighted by atomic mass is 15.3. The van der Waals surface area contributed by atoms with Crippen LogP contribution in [0.4, 0.5) is 11.5 Å². The second-order valence-electron chi connectivity index (χ2n) is 6.28. The highest BCUT2D eigenvalue weighted by Crippen LogP contribution is 2.30. The second kappa shape index (κ2) is 5.43. The van der Waals surface area contributed by atoms with Crippen LogP contribution in [0.5, 0.6) is 0 Å². The van der Waals surface area contributed by atoms with E-state index in [9.17, 15) is 0 Å². The first-order valence-corrected chi connectivity index (χ1v) is 7.72. The Bertz CT molecular complexity index is 642. The van der Waals surface area contributed by atoms with E-state index in [1.807, 2.05) is 11.7 Å². The molecule has 0 saturated carbocycles. The lowest BCUT2D eigenvalue weighted by Gasteiger charge is -2.26. The molecule has 1 aliphatic carbocycles. The average molecular weight is 284 g/mol. The molecular formula is C17H24N4. The number of nitrogens with one attached hydrogen (secondary N) is 1. The molecule has 0 amide bonds. The van der Waals surface area contributed by atoms with Gasteiger partial charge >= 0.3 is 0 Å². The monoisotopic (exact) mass is 284 g/mol. The number of aryl methyl sites for hydroxylation is 2. The van der Waals surface area contributed by atoms with Crippen molar-refractivity contribution in [2.75, 3.05) is 11.1 Å². The van der Waals surface area contributed by atoms with Crippen molar-refractivity contribution >= 4 is 11.5 Å². The molecule has 21 heavy (non-hydrogen) atoms. The van der Waals surface area contributed by atoms with E-state index in [2.05, 4.69) is 48.5 Å². The van der Waals surface area contributed by atoms with Crippen LogP contribution in [0.1, 0.15) is 43.0 Å². The van der Waals surface area contributed by atoms with Gasteiger partial charge in [0.05, 0.1) is 11.4 Å². The van der Waals surface area contributed by atoms with Crippen LogP contribution in [-0.4, -0.2) is 15.8 Å². The number of nitrogens with zero attached hydrogens (tertiary/aromatic N) is 2. The van der Waals surface area contributed by atoms with E-state index in [1.165, 1.54) is 11.1 Å². The van der Waals surface area contributed by atoms with Crippen molar-refractivity contribution in [3.8, 4) is 0 Å². The lowest BCUT2D eigenvalue weighted by atomic mass is 9.88. The number of nitrogen functional groups attached to an aromatic ring is 1. The molecule has 1 heterocycles. The van der Waals surface area contributed by atoms with Crippen molar-refractivity contribution in [2.45, 2.75) is 45.1 Å².